The molecule has 0 radical (unpaired) electrons. The van der Waals surface area contributed by atoms with Gasteiger partial charge in [-0.2, -0.15) is 0 Å². The van der Waals surface area contributed by atoms with E-state index in [2.05, 4.69) is 5.32 Å². The predicted molar refractivity (Wildman–Crippen MR) is 74.9 cm³/mol. The number of rotatable bonds is 5. The fourth-order valence-corrected chi connectivity index (χ4v) is 1.81. The molecule has 0 aromatic heterocycles. The molecule has 0 aliphatic carbocycles. The first-order valence-corrected chi connectivity index (χ1v) is 6.37. The summed E-state index contributed by atoms with van der Waals surface area (Å²) in [5.74, 6) is 0.00439. The summed E-state index contributed by atoms with van der Waals surface area (Å²) in [5.41, 5.74) is 2.25. The lowest BCUT2D eigenvalue weighted by Gasteiger charge is -2.07. The minimum Gasteiger partial charge on any atom is -0.489 e. The third kappa shape index (κ3) is 3.94. The fraction of sp³-hybridized carbons (Fsp3) is 0.200. The van der Waals surface area contributed by atoms with Crippen LogP contribution in [0.25, 0.3) is 0 Å². The second-order valence-corrected chi connectivity index (χ2v) is 4.62. The molecule has 0 atom stereocenters. The second-order valence-electron chi connectivity index (χ2n) is 4.21. The number of ether oxygens (including phenoxy) is 1. The standard InChI is InChI=1S/C15H15ClFNO/c1-18-9-11-2-4-12(5-3-11)10-19-13-6-7-14(16)15(17)8-13/h2-8,18H,9-10H2,1H3. The molecule has 19 heavy (non-hydrogen) atoms. The van der Waals surface area contributed by atoms with Crippen LogP contribution in [0.4, 0.5) is 4.39 Å². The number of hydrogen-bond donors (Lipinski definition) is 1. The Morgan fingerprint density at radius 3 is 2.42 bits per heavy atom. The summed E-state index contributed by atoms with van der Waals surface area (Å²) >= 11 is 5.61. The van der Waals surface area contributed by atoms with Crippen molar-refractivity contribution < 1.29 is 9.13 Å². The lowest BCUT2D eigenvalue weighted by atomic mass is 10.1. The highest BCUT2D eigenvalue weighted by Gasteiger charge is 2.02. The average molecular weight is 280 g/mol. The summed E-state index contributed by atoms with van der Waals surface area (Å²) in [7, 11) is 1.91. The maximum atomic E-state index is 13.2. The molecule has 0 fully saturated rings. The van der Waals surface area contributed by atoms with Gasteiger partial charge >= 0.3 is 0 Å². The minimum atomic E-state index is -0.469. The zero-order chi connectivity index (χ0) is 13.7. The number of halogens is 2. The van der Waals surface area contributed by atoms with Crippen LogP contribution in [0, 0.1) is 5.82 Å². The van der Waals surface area contributed by atoms with Crippen LogP contribution in [0.15, 0.2) is 42.5 Å². The zero-order valence-electron chi connectivity index (χ0n) is 10.6. The maximum absolute atomic E-state index is 13.2. The van der Waals surface area contributed by atoms with Gasteiger partial charge in [0.1, 0.15) is 18.2 Å². The highest BCUT2D eigenvalue weighted by atomic mass is 35.5. The Morgan fingerprint density at radius 2 is 1.79 bits per heavy atom. The molecule has 1 N–H and O–H groups in total. The van der Waals surface area contributed by atoms with Crippen molar-refractivity contribution in [2.75, 3.05) is 7.05 Å². The third-order valence-electron chi connectivity index (χ3n) is 2.70. The Labute approximate surface area is 117 Å². The Morgan fingerprint density at radius 1 is 1.11 bits per heavy atom. The summed E-state index contributed by atoms with van der Waals surface area (Å²) in [6, 6.07) is 12.5. The van der Waals surface area contributed by atoms with Crippen molar-refractivity contribution in [2.45, 2.75) is 13.2 Å². The lowest BCUT2D eigenvalue weighted by molar-refractivity contribution is 0.304. The van der Waals surface area contributed by atoms with E-state index in [4.69, 9.17) is 16.3 Å². The molecule has 4 heteroatoms. The van der Waals surface area contributed by atoms with E-state index >= 15 is 0 Å². The summed E-state index contributed by atoms with van der Waals surface area (Å²) < 4.78 is 18.7. The molecule has 2 aromatic rings. The first-order valence-electron chi connectivity index (χ1n) is 5.99. The van der Waals surface area contributed by atoms with Gasteiger partial charge in [0.15, 0.2) is 0 Å². The van der Waals surface area contributed by atoms with E-state index in [0.717, 1.165) is 12.1 Å². The van der Waals surface area contributed by atoms with E-state index in [-0.39, 0.29) is 5.02 Å². The molecule has 0 unspecified atom stereocenters. The quantitative estimate of drug-likeness (QED) is 0.899. The molecule has 2 nitrogen and oxygen atoms in total. The fourth-order valence-electron chi connectivity index (χ4n) is 1.69. The topological polar surface area (TPSA) is 21.3 Å². The summed E-state index contributed by atoms with van der Waals surface area (Å²) in [6.07, 6.45) is 0. The van der Waals surface area contributed by atoms with Crippen LogP contribution in [0.5, 0.6) is 5.75 Å². The van der Waals surface area contributed by atoms with Crippen LogP contribution in [-0.2, 0) is 13.2 Å². The Hall–Kier alpha value is -1.58. The molecule has 0 heterocycles. The molecule has 100 valence electrons. The van der Waals surface area contributed by atoms with Crippen LogP contribution in [-0.4, -0.2) is 7.05 Å². The molecule has 2 aromatic carbocycles. The van der Waals surface area contributed by atoms with Crippen LogP contribution in [0.1, 0.15) is 11.1 Å². The van der Waals surface area contributed by atoms with Gasteiger partial charge in [0.05, 0.1) is 5.02 Å². The van der Waals surface area contributed by atoms with E-state index in [1.54, 1.807) is 6.07 Å². The van der Waals surface area contributed by atoms with E-state index in [1.165, 1.54) is 17.7 Å². The first-order chi connectivity index (χ1) is 9.19. The third-order valence-corrected chi connectivity index (χ3v) is 3.01. The van der Waals surface area contributed by atoms with Gasteiger partial charge in [0, 0.05) is 12.6 Å². The average Bonchev–Trinajstić information content (AvgIpc) is 2.42. The first kappa shape index (κ1) is 13.8. The Balaban J connectivity index is 1.96. The van der Waals surface area contributed by atoms with Crippen LogP contribution in [0.2, 0.25) is 5.02 Å². The molecule has 2 rings (SSSR count). The maximum Gasteiger partial charge on any atom is 0.145 e. The van der Waals surface area contributed by atoms with Gasteiger partial charge in [0.2, 0.25) is 0 Å². The molecule has 0 amide bonds. The van der Waals surface area contributed by atoms with Crippen molar-refractivity contribution in [1.29, 1.82) is 0 Å². The van der Waals surface area contributed by atoms with Crippen LogP contribution >= 0.6 is 11.6 Å². The van der Waals surface area contributed by atoms with Gasteiger partial charge in [-0.25, -0.2) is 4.39 Å². The smallest absolute Gasteiger partial charge is 0.145 e. The van der Waals surface area contributed by atoms with E-state index in [9.17, 15) is 4.39 Å². The molecule has 0 aliphatic rings. The van der Waals surface area contributed by atoms with Gasteiger partial charge in [-0.15, -0.1) is 0 Å². The van der Waals surface area contributed by atoms with Crippen molar-refractivity contribution in [3.05, 3.63) is 64.4 Å². The van der Waals surface area contributed by atoms with Crippen molar-refractivity contribution >= 4 is 11.6 Å². The van der Waals surface area contributed by atoms with E-state index in [0.29, 0.717) is 12.4 Å². The summed E-state index contributed by atoms with van der Waals surface area (Å²) in [5, 5.41) is 3.19. The van der Waals surface area contributed by atoms with Gasteiger partial charge < -0.3 is 10.1 Å². The minimum absolute atomic E-state index is 0.101. The molecule has 0 saturated carbocycles. The Bertz CT molecular complexity index is 542. The summed E-state index contributed by atoms with van der Waals surface area (Å²) in [6.45, 7) is 1.24. The molecular weight excluding hydrogens is 265 g/mol. The van der Waals surface area contributed by atoms with E-state index < -0.39 is 5.82 Å². The molecule has 0 bridgehead atoms. The van der Waals surface area contributed by atoms with Crippen molar-refractivity contribution in [1.82, 2.24) is 5.32 Å². The van der Waals surface area contributed by atoms with Gasteiger partial charge in [-0.05, 0) is 30.3 Å². The van der Waals surface area contributed by atoms with E-state index in [1.807, 2.05) is 31.3 Å². The highest BCUT2D eigenvalue weighted by molar-refractivity contribution is 6.30. The van der Waals surface area contributed by atoms with Crippen molar-refractivity contribution in [3.63, 3.8) is 0 Å². The van der Waals surface area contributed by atoms with Gasteiger partial charge in [-0.3, -0.25) is 0 Å². The highest BCUT2D eigenvalue weighted by Crippen LogP contribution is 2.21. The van der Waals surface area contributed by atoms with Gasteiger partial charge in [0.25, 0.3) is 0 Å². The largest absolute Gasteiger partial charge is 0.489 e. The molecule has 0 aliphatic heterocycles. The van der Waals surface area contributed by atoms with Crippen molar-refractivity contribution in [2.24, 2.45) is 0 Å². The predicted octanol–water partition coefficient (Wildman–Crippen LogP) is 3.78. The Kier molecular flexibility index (Phi) is 4.77. The molecule has 0 spiro atoms. The normalized spacial score (nSPS) is 10.5. The second kappa shape index (κ2) is 6.55. The van der Waals surface area contributed by atoms with Crippen LogP contribution < -0.4 is 10.1 Å². The SMILES string of the molecule is CNCc1ccc(COc2ccc(Cl)c(F)c2)cc1. The summed E-state index contributed by atoms with van der Waals surface area (Å²) in [4.78, 5) is 0. The number of hydrogen-bond acceptors (Lipinski definition) is 2. The number of benzene rings is 2. The zero-order valence-corrected chi connectivity index (χ0v) is 11.4. The lowest BCUT2D eigenvalue weighted by Crippen LogP contribution is -2.05. The molecule has 0 saturated heterocycles. The monoisotopic (exact) mass is 279 g/mol. The number of nitrogens with one attached hydrogen (secondary N) is 1. The van der Waals surface area contributed by atoms with Crippen molar-refractivity contribution in [3.8, 4) is 5.75 Å². The van der Waals surface area contributed by atoms with Crippen LogP contribution in [0.3, 0.4) is 0 Å². The van der Waals surface area contributed by atoms with Gasteiger partial charge in [-0.1, -0.05) is 35.9 Å². The molecular formula is C15H15ClFNO.